The fourth-order valence-electron chi connectivity index (χ4n) is 1.59. The van der Waals surface area contributed by atoms with E-state index in [1.807, 2.05) is 18.2 Å². The number of anilines is 1. The van der Waals surface area contributed by atoms with Gasteiger partial charge in [0.15, 0.2) is 0 Å². The normalized spacial score (nSPS) is 10.1. The Hall–Kier alpha value is -1.87. The molecule has 0 radical (unpaired) electrons. The van der Waals surface area contributed by atoms with Crippen LogP contribution < -0.4 is 10.6 Å². The Bertz CT molecular complexity index is 372. The van der Waals surface area contributed by atoms with Crippen LogP contribution in [0.1, 0.15) is 5.56 Å². The summed E-state index contributed by atoms with van der Waals surface area (Å²) in [6, 6.07) is 14.4. The van der Waals surface area contributed by atoms with Crippen LogP contribution in [-0.2, 0) is 6.54 Å². The van der Waals surface area contributed by atoms with Gasteiger partial charge in [-0.1, -0.05) is 30.3 Å². The lowest BCUT2D eigenvalue weighted by Gasteiger charge is -2.07. The highest BCUT2D eigenvalue weighted by atomic mass is 14.9. The van der Waals surface area contributed by atoms with Gasteiger partial charge in [-0.3, -0.25) is 4.98 Å². The Balaban J connectivity index is 1.61. The Morgan fingerprint density at radius 1 is 0.882 bits per heavy atom. The molecule has 3 heteroatoms. The van der Waals surface area contributed by atoms with E-state index in [4.69, 9.17) is 0 Å². The van der Waals surface area contributed by atoms with Crippen LogP contribution in [0.3, 0.4) is 0 Å². The summed E-state index contributed by atoms with van der Waals surface area (Å²) in [4.78, 5) is 3.97. The number of nitrogens with zero attached hydrogens (tertiary/aromatic N) is 1. The predicted molar refractivity (Wildman–Crippen MR) is 70.9 cm³/mol. The number of benzene rings is 1. The number of pyridine rings is 1. The van der Waals surface area contributed by atoms with Crippen LogP contribution in [0, 0.1) is 0 Å². The first-order valence-corrected chi connectivity index (χ1v) is 5.84. The quantitative estimate of drug-likeness (QED) is 0.743. The van der Waals surface area contributed by atoms with Crippen molar-refractivity contribution in [2.75, 3.05) is 18.4 Å². The summed E-state index contributed by atoms with van der Waals surface area (Å²) in [6.45, 7) is 2.77. The maximum atomic E-state index is 3.97. The number of rotatable bonds is 6. The summed E-state index contributed by atoms with van der Waals surface area (Å²) in [6.07, 6.45) is 3.58. The average Bonchev–Trinajstić information content (AvgIpc) is 2.41. The van der Waals surface area contributed by atoms with Gasteiger partial charge < -0.3 is 10.6 Å². The summed E-state index contributed by atoms with van der Waals surface area (Å²) in [5, 5.41) is 6.72. The Kier molecular flexibility index (Phi) is 4.55. The first-order chi connectivity index (χ1) is 8.45. The van der Waals surface area contributed by atoms with E-state index in [0.29, 0.717) is 0 Å². The van der Waals surface area contributed by atoms with Crippen molar-refractivity contribution < 1.29 is 0 Å². The summed E-state index contributed by atoms with van der Waals surface area (Å²) in [7, 11) is 0. The van der Waals surface area contributed by atoms with Gasteiger partial charge in [0.1, 0.15) is 0 Å². The molecule has 0 saturated heterocycles. The zero-order valence-corrected chi connectivity index (χ0v) is 9.76. The lowest BCUT2D eigenvalue weighted by Crippen LogP contribution is -2.21. The van der Waals surface area contributed by atoms with Crippen molar-refractivity contribution in [3.8, 4) is 0 Å². The molecular weight excluding hydrogens is 210 g/mol. The average molecular weight is 227 g/mol. The molecule has 0 bridgehead atoms. The molecule has 3 nitrogen and oxygen atoms in total. The second kappa shape index (κ2) is 6.66. The Labute approximate surface area is 102 Å². The molecule has 1 aromatic carbocycles. The Morgan fingerprint density at radius 2 is 1.65 bits per heavy atom. The predicted octanol–water partition coefficient (Wildman–Crippen LogP) is 2.28. The molecule has 0 spiro atoms. The maximum Gasteiger partial charge on any atom is 0.0371 e. The summed E-state index contributed by atoms with van der Waals surface area (Å²) < 4.78 is 0. The van der Waals surface area contributed by atoms with Gasteiger partial charge in [-0.2, -0.15) is 0 Å². The highest BCUT2D eigenvalue weighted by molar-refractivity contribution is 5.40. The first-order valence-electron chi connectivity index (χ1n) is 5.84. The molecule has 17 heavy (non-hydrogen) atoms. The molecule has 0 fully saturated rings. The van der Waals surface area contributed by atoms with E-state index in [9.17, 15) is 0 Å². The molecule has 1 aromatic heterocycles. The second-order valence-corrected chi connectivity index (χ2v) is 3.83. The third-order valence-corrected chi connectivity index (χ3v) is 2.48. The molecule has 88 valence electrons. The van der Waals surface area contributed by atoms with Gasteiger partial charge in [0.2, 0.25) is 0 Å². The third-order valence-electron chi connectivity index (χ3n) is 2.48. The van der Waals surface area contributed by atoms with E-state index in [0.717, 1.165) is 25.3 Å². The van der Waals surface area contributed by atoms with E-state index in [1.165, 1.54) is 5.56 Å². The molecule has 0 aliphatic rings. The SMILES string of the molecule is c1ccc(CNCCNc2ccncc2)cc1. The molecule has 0 aliphatic heterocycles. The van der Waals surface area contributed by atoms with Crippen molar-refractivity contribution in [1.29, 1.82) is 0 Å². The maximum absolute atomic E-state index is 3.97. The topological polar surface area (TPSA) is 37.0 Å². The van der Waals surface area contributed by atoms with Gasteiger partial charge >= 0.3 is 0 Å². The van der Waals surface area contributed by atoms with Crippen molar-refractivity contribution in [3.63, 3.8) is 0 Å². The fourth-order valence-corrected chi connectivity index (χ4v) is 1.59. The standard InChI is InChI=1S/C14H17N3/c1-2-4-13(5-3-1)12-16-10-11-17-14-6-8-15-9-7-14/h1-9,16H,10-12H2,(H,15,17). The molecule has 2 aromatic rings. The molecule has 0 saturated carbocycles. The van der Waals surface area contributed by atoms with Crippen LogP contribution in [0.15, 0.2) is 54.9 Å². The zero-order chi connectivity index (χ0) is 11.8. The fraction of sp³-hybridized carbons (Fsp3) is 0.214. The van der Waals surface area contributed by atoms with E-state index >= 15 is 0 Å². The van der Waals surface area contributed by atoms with Gasteiger partial charge in [-0.05, 0) is 17.7 Å². The van der Waals surface area contributed by atoms with E-state index < -0.39 is 0 Å². The summed E-state index contributed by atoms with van der Waals surface area (Å²) >= 11 is 0. The third kappa shape index (κ3) is 4.25. The molecule has 0 aliphatic carbocycles. The molecule has 2 rings (SSSR count). The van der Waals surface area contributed by atoms with Crippen molar-refractivity contribution >= 4 is 5.69 Å². The molecule has 2 N–H and O–H groups in total. The summed E-state index contributed by atoms with van der Waals surface area (Å²) in [5.74, 6) is 0. The molecular formula is C14H17N3. The number of nitrogens with one attached hydrogen (secondary N) is 2. The molecule has 0 unspecified atom stereocenters. The number of hydrogen-bond donors (Lipinski definition) is 2. The smallest absolute Gasteiger partial charge is 0.0371 e. The minimum atomic E-state index is 0.914. The summed E-state index contributed by atoms with van der Waals surface area (Å²) in [5.41, 5.74) is 2.43. The van der Waals surface area contributed by atoms with Crippen LogP contribution >= 0.6 is 0 Å². The monoisotopic (exact) mass is 227 g/mol. The van der Waals surface area contributed by atoms with Gasteiger partial charge in [0, 0.05) is 37.7 Å². The lowest BCUT2D eigenvalue weighted by atomic mass is 10.2. The first kappa shape index (κ1) is 11.6. The van der Waals surface area contributed by atoms with Crippen molar-refractivity contribution in [3.05, 3.63) is 60.4 Å². The van der Waals surface area contributed by atoms with Crippen LogP contribution in [0.4, 0.5) is 5.69 Å². The van der Waals surface area contributed by atoms with Gasteiger partial charge in [-0.25, -0.2) is 0 Å². The largest absolute Gasteiger partial charge is 0.384 e. The lowest BCUT2D eigenvalue weighted by molar-refractivity contribution is 0.707. The molecule has 0 atom stereocenters. The van der Waals surface area contributed by atoms with Crippen LogP contribution in [-0.4, -0.2) is 18.1 Å². The van der Waals surface area contributed by atoms with Crippen molar-refractivity contribution in [2.45, 2.75) is 6.54 Å². The van der Waals surface area contributed by atoms with Gasteiger partial charge in [0.25, 0.3) is 0 Å². The van der Waals surface area contributed by atoms with Crippen LogP contribution in [0.5, 0.6) is 0 Å². The van der Waals surface area contributed by atoms with E-state index in [2.05, 4.69) is 39.9 Å². The minimum absolute atomic E-state index is 0.914. The Morgan fingerprint density at radius 3 is 2.41 bits per heavy atom. The van der Waals surface area contributed by atoms with Crippen molar-refractivity contribution in [2.24, 2.45) is 0 Å². The minimum Gasteiger partial charge on any atom is -0.384 e. The number of aromatic nitrogens is 1. The van der Waals surface area contributed by atoms with Crippen molar-refractivity contribution in [1.82, 2.24) is 10.3 Å². The van der Waals surface area contributed by atoms with Crippen LogP contribution in [0.2, 0.25) is 0 Å². The highest BCUT2D eigenvalue weighted by Gasteiger charge is 1.91. The van der Waals surface area contributed by atoms with E-state index in [-0.39, 0.29) is 0 Å². The second-order valence-electron chi connectivity index (χ2n) is 3.83. The highest BCUT2D eigenvalue weighted by Crippen LogP contribution is 2.01. The number of hydrogen-bond acceptors (Lipinski definition) is 3. The van der Waals surface area contributed by atoms with E-state index in [1.54, 1.807) is 12.4 Å². The molecule has 1 heterocycles. The van der Waals surface area contributed by atoms with Crippen LogP contribution in [0.25, 0.3) is 0 Å². The van der Waals surface area contributed by atoms with Gasteiger partial charge in [-0.15, -0.1) is 0 Å². The molecule has 0 amide bonds. The van der Waals surface area contributed by atoms with Gasteiger partial charge in [0.05, 0.1) is 0 Å². The zero-order valence-electron chi connectivity index (χ0n) is 9.76.